The van der Waals surface area contributed by atoms with Crippen molar-refractivity contribution in [3.8, 4) is 11.3 Å². The third-order valence-corrected chi connectivity index (χ3v) is 5.61. The lowest BCUT2D eigenvalue weighted by atomic mass is 10.1. The number of halogens is 3. The summed E-state index contributed by atoms with van der Waals surface area (Å²) in [6.07, 6.45) is 5.65. The Morgan fingerprint density at radius 2 is 1.94 bits per heavy atom. The number of carbonyl (C=O) groups is 1. The highest BCUT2D eigenvalue weighted by Crippen LogP contribution is 2.38. The Morgan fingerprint density at radius 1 is 1.19 bits per heavy atom. The molecule has 1 saturated heterocycles. The second-order valence-electron chi connectivity index (χ2n) is 7.75. The fourth-order valence-electron chi connectivity index (χ4n) is 3.50. The molecule has 1 amide bonds. The van der Waals surface area contributed by atoms with Gasteiger partial charge in [-0.15, -0.1) is 0 Å². The van der Waals surface area contributed by atoms with Crippen LogP contribution in [0.4, 0.5) is 20.3 Å². The van der Waals surface area contributed by atoms with E-state index in [0.717, 1.165) is 31.0 Å². The molecule has 0 bridgehead atoms. The number of hydrogen-bond acceptors (Lipinski definition) is 6. The van der Waals surface area contributed by atoms with Gasteiger partial charge in [-0.2, -0.15) is 0 Å². The quantitative estimate of drug-likeness (QED) is 0.438. The van der Waals surface area contributed by atoms with Crippen LogP contribution in [0.25, 0.3) is 11.3 Å². The van der Waals surface area contributed by atoms with E-state index in [1.165, 1.54) is 18.7 Å². The van der Waals surface area contributed by atoms with Gasteiger partial charge in [0, 0.05) is 30.4 Å². The molecule has 1 atom stereocenters. The lowest BCUT2D eigenvalue weighted by molar-refractivity contribution is 0.102. The molecule has 0 radical (unpaired) electrons. The van der Waals surface area contributed by atoms with Crippen molar-refractivity contribution in [2.45, 2.75) is 38.1 Å². The molecule has 2 aromatic heterocycles. The number of aromatic nitrogens is 4. The predicted molar refractivity (Wildman–Crippen MR) is 118 cm³/mol. The van der Waals surface area contributed by atoms with Crippen LogP contribution in [0.5, 0.6) is 0 Å². The van der Waals surface area contributed by atoms with Crippen molar-refractivity contribution in [3.63, 3.8) is 0 Å². The third-order valence-electron chi connectivity index (χ3n) is 5.15. The van der Waals surface area contributed by atoms with Gasteiger partial charge in [0.05, 0.1) is 5.56 Å². The van der Waals surface area contributed by atoms with Gasteiger partial charge in [0.25, 0.3) is 5.91 Å². The van der Waals surface area contributed by atoms with Crippen molar-refractivity contribution in [2.75, 3.05) is 16.8 Å². The van der Waals surface area contributed by atoms with Crippen molar-refractivity contribution in [2.24, 2.45) is 0 Å². The Hall–Kier alpha value is -3.20. The summed E-state index contributed by atoms with van der Waals surface area (Å²) in [4.78, 5) is 31.7. The van der Waals surface area contributed by atoms with Gasteiger partial charge in [-0.3, -0.25) is 4.79 Å². The topological polar surface area (TPSA) is 83.9 Å². The Balaban J connectivity index is 1.79. The van der Waals surface area contributed by atoms with E-state index in [2.05, 4.69) is 25.3 Å². The van der Waals surface area contributed by atoms with Crippen LogP contribution in [0.15, 0.2) is 36.9 Å². The van der Waals surface area contributed by atoms with Gasteiger partial charge in [0.1, 0.15) is 40.7 Å². The minimum Gasteiger partial charge on any atom is -0.338 e. The molecule has 1 N–H and O–H groups in total. The number of anilines is 2. The summed E-state index contributed by atoms with van der Waals surface area (Å²) < 4.78 is 28.5. The average Bonchev–Trinajstić information content (AvgIpc) is 3.21. The van der Waals surface area contributed by atoms with Crippen molar-refractivity contribution >= 4 is 29.0 Å². The Kier molecular flexibility index (Phi) is 6.27. The molecular weight excluding hydrogens is 438 g/mol. The van der Waals surface area contributed by atoms with E-state index in [9.17, 15) is 13.6 Å². The third kappa shape index (κ3) is 4.38. The molecule has 7 nitrogen and oxygen atoms in total. The molecule has 1 aliphatic heterocycles. The first kappa shape index (κ1) is 22.0. The Morgan fingerprint density at radius 3 is 2.59 bits per heavy atom. The van der Waals surface area contributed by atoms with Crippen LogP contribution in [0.2, 0.25) is 0 Å². The van der Waals surface area contributed by atoms with E-state index in [0.29, 0.717) is 18.2 Å². The molecule has 1 fully saturated rings. The monoisotopic (exact) mass is 458 g/mol. The van der Waals surface area contributed by atoms with Gasteiger partial charge in [-0.1, -0.05) is 25.4 Å². The van der Waals surface area contributed by atoms with E-state index < -0.39 is 17.5 Å². The molecule has 0 spiro atoms. The molecule has 1 aliphatic rings. The minimum absolute atomic E-state index is 0.0517. The maximum atomic E-state index is 14.6. The van der Waals surface area contributed by atoms with Gasteiger partial charge in [-0.05, 0) is 31.0 Å². The molecule has 0 saturated carbocycles. The maximum Gasteiger partial charge on any atom is 0.258 e. The zero-order valence-corrected chi connectivity index (χ0v) is 18.3. The van der Waals surface area contributed by atoms with Crippen LogP contribution >= 0.6 is 11.6 Å². The first-order valence-corrected chi connectivity index (χ1v) is 10.6. The standard InChI is InChI=1S/C22H21ClF2N6O/c1-12(2)20-26-9-13(10-27-20)22(32)30-19-18(15-8-14(24)5-6-16(15)25)28-11-29-21(19)31-7-3-4-17(31)23/h5-6,8-12,17H,3-4,7H2,1-2H3,(H,30,32)/t17-/m1/s1. The normalized spacial score (nSPS) is 15.9. The summed E-state index contributed by atoms with van der Waals surface area (Å²) in [7, 11) is 0. The van der Waals surface area contributed by atoms with Crippen LogP contribution in [-0.2, 0) is 0 Å². The van der Waals surface area contributed by atoms with E-state index in [-0.39, 0.29) is 33.9 Å². The number of alkyl halides is 1. The SMILES string of the molecule is CC(C)c1ncc(C(=O)Nc2c(-c3cc(F)ccc3F)ncnc2N2CCC[C@@H]2Cl)cn1. The average molecular weight is 459 g/mol. The molecule has 10 heteroatoms. The predicted octanol–water partition coefficient (Wildman–Crippen LogP) is 4.75. The van der Waals surface area contributed by atoms with Crippen molar-refractivity contribution < 1.29 is 13.6 Å². The molecule has 1 aromatic carbocycles. The molecule has 3 aromatic rings. The van der Waals surface area contributed by atoms with Crippen LogP contribution < -0.4 is 10.2 Å². The van der Waals surface area contributed by atoms with Gasteiger partial charge in [0.15, 0.2) is 5.82 Å². The number of nitrogens with one attached hydrogen (secondary N) is 1. The Labute approximate surface area is 188 Å². The fourth-order valence-corrected chi connectivity index (χ4v) is 3.84. The van der Waals surface area contributed by atoms with Crippen LogP contribution in [0.3, 0.4) is 0 Å². The van der Waals surface area contributed by atoms with Crippen molar-refractivity contribution in [3.05, 3.63) is 59.9 Å². The summed E-state index contributed by atoms with van der Waals surface area (Å²) in [5, 5.41) is 2.75. The largest absolute Gasteiger partial charge is 0.338 e. The van der Waals surface area contributed by atoms with Crippen molar-refractivity contribution in [1.29, 1.82) is 0 Å². The number of amides is 1. The molecular formula is C22H21ClF2N6O. The second kappa shape index (κ2) is 9.12. The van der Waals surface area contributed by atoms with Gasteiger partial charge >= 0.3 is 0 Å². The number of benzene rings is 1. The number of nitrogens with zero attached hydrogens (tertiary/aromatic N) is 5. The van der Waals surface area contributed by atoms with Gasteiger partial charge in [-0.25, -0.2) is 28.7 Å². The van der Waals surface area contributed by atoms with E-state index in [1.807, 2.05) is 13.8 Å². The molecule has 166 valence electrons. The first-order valence-electron chi connectivity index (χ1n) is 10.2. The summed E-state index contributed by atoms with van der Waals surface area (Å²) in [6.45, 7) is 4.49. The maximum absolute atomic E-state index is 14.6. The van der Waals surface area contributed by atoms with E-state index in [4.69, 9.17) is 11.6 Å². The van der Waals surface area contributed by atoms with Crippen molar-refractivity contribution in [1.82, 2.24) is 19.9 Å². The minimum atomic E-state index is -0.681. The summed E-state index contributed by atoms with van der Waals surface area (Å²) in [5.74, 6) is -0.786. The lowest BCUT2D eigenvalue weighted by Gasteiger charge is -2.25. The number of hydrogen-bond donors (Lipinski definition) is 1. The number of carbonyl (C=O) groups excluding carboxylic acids is 1. The highest BCUT2D eigenvalue weighted by molar-refractivity contribution is 6.22. The molecule has 0 aliphatic carbocycles. The highest BCUT2D eigenvalue weighted by Gasteiger charge is 2.29. The highest BCUT2D eigenvalue weighted by atomic mass is 35.5. The summed E-state index contributed by atoms with van der Waals surface area (Å²) in [5.41, 5.74) is -0.0443. The fraction of sp³-hybridized carbons (Fsp3) is 0.318. The smallest absolute Gasteiger partial charge is 0.258 e. The second-order valence-corrected chi connectivity index (χ2v) is 8.26. The lowest BCUT2D eigenvalue weighted by Crippen LogP contribution is -2.28. The molecule has 0 unspecified atom stereocenters. The van der Waals surface area contributed by atoms with E-state index in [1.54, 1.807) is 4.90 Å². The molecule has 4 rings (SSSR count). The van der Waals surface area contributed by atoms with Crippen LogP contribution in [0, 0.1) is 11.6 Å². The van der Waals surface area contributed by atoms with Gasteiger partial charge < -0.3 is 10.2 Å². The first-order chi connectivity index (χ1) is 15.3. The van der Waals surface area contributed by atoms with Gasteiger partial charge in [0.2, 0.25) is 0 Å². The Bertz CT molecular complexity index is 1140. The summed E-state index contributed by atoms with van der Waals surface area (Å²) >= 11 is 6.44. The molecule has 32 heavy (non-hydrogen) atoms. The zero-order valence-electron chi connectivity index (χ0n) is 17.5. The van der Waals surface area contributed by atoms with Crippen LogP contribution in [0.1, 0.15) is 48.8 Å². The number of rotatable bonds is 5. The van der Waals surface area contributed by atoms with E-state index >= 15 is 0 Å². The zero-order chi connectivity index (χ0) is 22.8. The summed E-state index contributed by atoms with van der Waals surface area (Å²) in [6, 6.07) is 3.05. The van der Waals surface area contributed by atoms with Crippen LogP contribution in [-0.4, -0.2) is 37.9 Å². The molecule has 3 heterocycles.